The van der Waals surface area contributed by atoms with Gasteiger partial charge < -0.3 is 15.8 Å². The van der Waals surface area contributed by atoms with E-state index < -0.39 is 5.41 Å². The Hall–Kier alpha value is -1.39. The second-order valence-electron chi connectivity index (χ2n) is 4.97. The van der Waals surface area contributed by atoms with Crippen molar-refractivity contribution in [3.05, 3.63) is 29.8 Å². The van der Waals surface area contributed by atoms with Gasteiger partial charge in [0.1, 0.15) is 0 Å². The molecular weight excluding hydrogens is 240 g/mol. The van der Waals surface area contributed by atoms with E-state index in [9.17, 15) is 4.79 Å². The van der Waals surface area contributed by atoms with Crippen molar-refractivity contribution in [2.45, 2.75) is 26.7 Å². The predicted molar refractivity (Wildman–Crippen MR) is 78.1 cm³/mol. The summed E-state index contributed by atoms with van der Waals surface area (Å²) in [6, 6.07) is 7.79. The maximum atomic E-state index is 12.3. The summed E-state index contributed by atoms with van der Waals surface area (Å²) in [5.41, 5.74) is 7.11. The Morgan fingerprint density at radius 1 is 1.42 bits per heavy atom. The van der Waals surface area contributed by atoms with Crippen LogP contribution < -0.4 is 11.1 Å². The van der Waals surface area contributed by atoms with Gasteiger partial charge in [-0.1, -0.05) is 25.1 Å². The molecule has 3 N–H and O–H groups in total. The number of carbonyl (C=O) groups is 1. The molecule has 1 unspecified atom stereocenters. The molecule has 1 aromatic carbocycles. The lowest BCUT2D eigenvalue weighted by Gasteiger charge is -2.25. The summed E-state index contributed by atoms with van der Waals surface area (Å²) in [6.07, 6.45) is 1.49. The first-order valence-corrected chi connectivity index (χ1v) is 6.65. The number of rotatable bonds is 7. The largest absolute Gasteiger partial charge is 0.384 e. The minimum absolute atomic E-state index is 0.0256. The molecule has 0 heterocycles. The molecule has 0 aliphatic heterocycles. The van der Waals surface area contributed by atoms with Crippen molar-refractivity contribution in [3.8, 4) is 0 Å². The number of nitrogens with one attached hydrogen (secondary N) is 1. The number of nitrogens with two attached hydrogens (primary N) is 1. The Balaban J connectivity index is 2.84. The third kappa shape index (κ3) is 4.04. The number of hydrogen-bond donors (Lipinski definition) is 2. The van der Waals surface area contributed by atoms with E-state index in [1.54, 1.807) is 7.11 Å². The number of methoxy groups -OCH3 is 1. The first-order valence-electron chi connectivity index (χ1n) is 6.65. The number of para-hydroxylation sites is 1. The van der Waals surface area contributed by atoms with Gasteiger partial charge in [-0.25, -0.2) is 0 Å². The van der Waals surface area contributed by atoms with Gasteiger partial charge >= 0.3 is 0 Å². The van der Waals surface area contributed by atoms with E-state index in [0.29, 0.717) is 13.2 Å². The van der Waals surface area contributed by atoms with Gasteiger partial charge in [-0.15, -0.1) is 0 Å². The van der Waals surface area contributed by atoms with Crippen molar-refractivity contribution in [1.29, 1.82) is 0 Å². The Kier molecular flexibility index (Phi) is 5.99. The van der Waals surface area contributed by atoms with Crippen LogP contribution in [0.15, 0.2) is 24.3 Å². The van der Waals surface area contributed by atoms with E-state index in [0.717, 1.165) is 24.1 Å². The number of amides is 1. The van der Waals surface area contributed by atoms with Gasteiger partial charge in [0.2, 0.25) is 5.91 Å². The third-order valence-corrected chi connectivity index (χ3v) is 3.62. The summed E-state index contributed by atoms with van der Waals surface area (Å²) in [4.78, 5) is 12.3. The van der Waals surface area contributed by atoms with Crippen LogP contribution in [-0.4, -0.2) is 26.2 Å². The molecule has 0 saturated heterocycles. The van der Waals surface area contributed by atoms with Crippen LogP contribution in [0.1, 0.15) is 25.8 Å². The highest BCUT2D eigenvalue weighted by Crippen LogP contribution is 2.23. The molecule has 0 fully saturated rings. The quantitative estimate of drug-likeness (QED) is 0.793. The number of ether oxygens (including phenoxy) is 1. The molecule has 1 rings (SSSR count). The van der Waals surface area contributed by atoms with E-state index in [1.807, 2.05) is 38.1 Å². The molecule has 0 aliphatic rings. The lowest BCUT2D eigenvalue weighted by molar-refractivity contribution is -0.124. The molecule has 4 heteroatoms. The van der Waals surface area contributed by atoms with Crippen LogP contribution in [0.4, 0.5) is 5.69 Å². The molecule has 1 amide bonds. The van der Waals surface area contributed by atoms with Crippen LogP contribution in [0.3, 0.4) is 0 Å². The fourth-order valence-electron chi connectivity index (χ4n) is 1.74. The molecule has 0 aromatic heterocycles. The van der Waals surface area contributed by atoms with Gasteiger partial charge in [0.05, 0.1) is 12.0 Å². The van der Waals surface area contributed by atoms with Gasteiger partial charge in [-0.3, -0.25) is 4.79 Å². The minimum atomic E-state index is -0.519. The lowest BCUT2D eigenvalue weighted by atomic mass is 9.86. The summed E-state index contributed by atoms with van der Waals surface area (Å²) in [5.74, 6) is -0.0256. The van der Waals surface area contributed by atoms with Crippen LogP contribution in [0, 0.1) is 5.41 Å². The van der Waals surface area contributed by atoms with Crippen LogP contribution >= 0.6 is 0 Å². The van der Waals surface area contributed by atoms with Crippen LogP contribution in [0.5, 0.6) is 0 Å². The summed E-state index contributed by atoms with van der Waals surface area (Å²) in [7, 11) is 1.67. The van der Waals surface area contributed by atoms with Crippen molar-refractivity contribution in [1.82, 2.24) is 0 Å². The van der Waals surface area contributed by atoms with Crippen LogP contribution in [0.2, 0.25) is 0 Å². The van der Waals surface area contributed by atoms with E-state index in [4.69, 9.17) is 10.5 Å². The zero-order valence-corrected chi connectivity index (χ0v) is 12.0. The van der Waals surface area contributed by atoms with Crippen LogP contribution in [-0.2, 0) is 16.0 Å². The molecule has 0 spiro atoms. The lowest BCUT2D eigenvalue weighted by Crippen LogP contribution is -2.39. The monoisotopic (exact) mass is 264 g/mol. The van der Waals surface area contributed by atoms with E-state index >= 15 is 0 Å². The van der Waals surface area contributed by atoms with Gasteiger partial charge in [-0.2, -0.15) is 0 Å². The van der Waals surface area contributed by atoms with Crippen molar-refractivity contribution in [2.75, 3.05) is 25.6 Å². The highest BCUT2D eigenvalue weighted by Gasteiger charge is 2.29. The highest BCUT2D eigenvalue weighted by molar-refractivity contribution is 5.95. The average molecular weight is 264 g/mol. The maximum absolute atomic E-state index is 12.3. The second kappa shape index (κ2) is 7.26. The first-order chi connectivity index (χ1) is 9.07. The number of anilines is 1. The van der Waals surface area contributed by atoms with Gasteiger partial charge in [-0.05, 0) is 31.4 Å². The fraction of sp³-hybridized carbons (Fsp3) is 0.533. The standard InChI is InChI=1S/C15H24N2O2/c1-4-15(2,11-16)14(18)17-13-8-6-5-7-12(13)9-10-19-3/h5-8H,4,9-11,16H2,1-3H3,(H,17,18). The molecule has 0 saturated carbocycles. The van der Waals surface area contributed by atoms with Gasteiger partial charge in [0.15, 0.2) is 0 Å². The second-order valence-corrected chi connectivity index (χ2v) is 4.97. The Bertz CT molecular complexity index is 414. The van der Waals surface area contributed by atoms with Gasteiger partial charge in [0.25, 0.3) is 0 Å². The molecule has 1 atom stereocenters. The molecule has 0 radical (unpaired) electrons. The Morgan fingerprint density at radius 3 is 2.68 bits per heavy atom. The maximum Gasteiger partial charge on any atom is 0.231 e. The summed E-state index contributed by atoms with van der Waals surface area (Å²) < 4.78 is 5.08. The number of carbonyl (C=O) groups excluding carboxylic acids is 1. The topological polar surface area (TPSA) is 64.4 Å². The average Bonchev–Trinajstić information content (AvgIpc) is 2.45. The third-order valence-electron chi connectivity index (χ3n) is 3.62. The molecule has 19 heavy (non-hydrogen) atoms. The fourth-order valence-corrected chi connectivity index (χ4v) is 1.74. The number of hydrogen-bond acceptors (Lipinski definition) is 3. The smallest absolute Gasteiger partial charge is 0.231 e. The van der Waals surface area contributed by atoms with Gasteiger partial charge in [0, 0.05) is 19.3 Å². The molecule has 0 aliphatic carbocycles. The van der Waals surface area contributed by atoms with Crippen molar-refractivity contribution < 1.29 is 9.53 Å². The van der Waals surface area contributed by atoms with E-state index in [2.05, 4.69) is 5.32 Å². The number of benzene rings is 1. The van der Waals surface area contributed by atoms with Crippen molar-refractivity contribution in [3.63, 3.8) is 0 Å². The molecule has 0 bridgehead atoms. The van der Waals surface area contributed by atoms with Crippen LogP contribution in [0.25, 0.3) is 0 Å². The van der Waals surface area contributed by atoms with Crippen molar-refractivity contribution in [2.24, 2.45) is 11.1 Å². The molecule has 4 nitrogen and oxygen atoms in total. The van der Waals surface area contributed by atoms with Crippen molar-refractivity contribution >= 4 is 11.6 Å². The molecule has 1 aromatic rings. The molecular formula is C15H24N2O2. The Morgan fingerprint density at radius 2 is 2.11 bits per heavy atom. The minimum Gasteiger partial charge on any atom is -0.384 e. The SMILES string of the molecule is CCC(C)(CN)C(=O)Nc1ccccc1CCOC. The predicted octanol–water partition coefficient (Wildman–Crippen LogP) is 2.19. The normalized spacial score (nSPS) is 13.9. The summed E-state index contributed by atoms with van der Waals surface area (Å²) in [5, 5.41) is 2.99. The zero-order chi connectivity index (χ0) is 14.3. The van der Waals surface area contributed by atoms with E-state index in [1.165, 1.54) is 0 Å². The highest BCUT2D eigenvalue weighted by atomic mass is 16.5. The zero-order valence-electron chi connectivity index (χ0n) is 12.0. The first kappa shape index (κ1) is 15.7. The molecule has 106 valence electrons. The van der Waals surface area contributed by atoms with E-state index in [-0.39, 0.29) is 5.91 Å². The Labute approximate surface area is 115 Å². The summed E-state index contributed by atoms with van der Waals surface area (Å²) >= 11 is 0. The summed E-state index contributed by atoms with van der Waals surface area (Å²) in [6.45, 7) is 4.84.